The van der Waals surface area contributed by atoms with Gasteiger partial charge in [0.15, 0.2) is 6.29 Å². The number of carboxylic acids is 1. The minimum absolute atomic E-state index is 0.0834. The van der Waals surface area contributed by atoms with E-state index in [-0.39, 0.29) is 61.0 Å². The predicted molar refractivity (Wildman–Crippen MR) is 278 cm³/mol. The maximum absolute atomic E-state index is 15.5. The van der Waals surface area contributed by atoms with Gasteiger partial charge in [-0.25, -0.2) is 9.97 Å². The van der Waals surface area contributed by atoms with E-state index in [1.165, 1.54) is 0 Å². The lowest BCUT2D eigenvalue weighted by atomic mass is 9.28. The number of allylic oxidation sites excluding steroid dienone is 2. The third-order valence-electron chi connectivity index (χ3n) is 24.3. The summed E-state index contributed by atoms with van der Waals surface area (Å²) < 4.78 is 12.8. The van der Waals surface area contributed by atoms with E-state index in [1.54, 1.807) is 18.9 Å². The van der Waals surface area contributed by atoms with Crippen molar-refractivity contribution < 1.29 is 59.9 Å². The van der Waals surface area contributed by atoms with Gasteiger partial charge in [0.05, 0.1) is 54.6 Å². The smallest absolute Gasteiger partial charge is 0.310 e. The fourth-order valence-corrected chi connectivity index (χ4v) is 20.5. The highest BCUT2D eigenvalue weighted by Gasteiger charge is 2.78. The number of ether oxygens (including phenoxy) is 2. The molecule has 2 aromatic rings. The van der Waals surface area contributed by atoms with Crippen molar-refractivity contribution in [3.8, 4) is 11.8 Å². The van der Waals surface area contributed by atoms with Gasteiger partial charge in [-0.05, 0) is 134 Å². The van der Waals surface area contributed by atoms with Crippen LogP contribution in [0.3, 0.4) is 0 Å². The second kappa shape index (κ2) is 18.5. The molecule has 25 unspecified atom stereocenters. The molecule has 1 amide bonds. The molecule has 5 heterocycles. The Hall–Kier alpha value is -3.94. The highest BCUT2D eigenvalue weighted by molar-refractivity contribution is 5.87. The molecule has 2 aromatic heterocycles. The van der Waals surface area contributed by atoms with Gasteiger partial charge >= 0.3 is 5.97 Å². The zero-order valence-corrected chi connectivity index (χ0v) is 45.2. The Morgan fingerprint density at radius 1 is 0.935 bits per heavy atom. The Morgan fingerprint density at radius 2 is 1.73 bits per heavy atom. The summed E-state index contributed by atoms with van der Waals surface area (Å²) in [5.41, 5.74) is 2.66. The van der Waals surface area contributed by atoms with Crippen LogP contribution < -0.4 is 16.4 Å². The van der Waals surface area contributed by atoms with Crippen molar-refractivity contribution in [3.05, 3.63) is 41.9 Å². The third-order valence-corrected chi connectivity index (χ3v) is 24.3. The van der Waals surface area contributed by atoms with Gasteiger partial charge in [0.2, 0.25) is 5.91 Å². The van der Waals surface area contributed by atoms with Crippen LogP contribution in [0.2, 0.25) is 0 Å². The molecule has 7 fully saturated rings. The number of imidazole rings is 2. The van der Waals surface area contributed by atoms with Crippen LogP contribution in [-0.2, 0) is 25.5 Å². The summed E-state index contributed by atoms with van der Waals surface area (Å²) in [5, 5.41) is 99.9. The van der Waals surface area contributed by atoms with Crippen LogP contribution in [0, 0.1) is 103 Å². The van der Waals surface area contributed by atoms with Crippen LogP contribution in [0.15, 0.2) is 30.5 Å². The number of nitrogens with two attached hydrogens (primary N) is 1. The molecule has 2 saturated heterocycles. The molecule has 25 atom stereocenters. The number of aliphatic hydroxyl groups excluding tert-OH is 7. The number of amides is 1. The molecule has 19 heteroatoms. The number of nitrogens with one attached hydrogen (secondary N) is 4. The second-order valence-electron chi connectivity index (χ2n) is 27.2. The number of aliphatic carboxylic acids is 1. The molecule has 10 aliphatic rings. The van der Waals surface area contributed by atoms with Crippen LogP contribution in [0.4, 0.5) is 5.82 Å². The molecular weight excluding hydrogens is 987 g/mol. The monoisotopic (exact) mass is 1070 g/mol. The first-order valence-corrected chi connectivity index (χ1v) is 28.8. The molecule has 12 rings (SSSR count). The Morgan fingerprint density at radius 3 is 2.44 bits per heavy atom. The summed E-state index contributed by atoms with van der Waals surface area (Å²) in [5.74, 6) is 3.53. The van der Waals surface area contributed by atoms with Crippen LogP contribution in [0.5, 0.6) is 0 Å². The third kappa shape index (κ3) is 7.24. The average Bonchev–Trinajstić information content (AvgIpc) is 4.34. The highest BCUT2D eigenvalue weighted by atomic mass is 16.7. The molecule has 7 aliphatic carbocycles. The lowest BCUT2D eigenvalue weighted by Crippen LogP contribution is -2.75. The van der Waals surface area contributed by atoms with Crippen LogP contribution in [0.25, 0.3) is 0 Å². The number of hydrogen-bond donors (Lipinski definition) is 13. The summed E-state index contributed by atoms with van der Waals surface area (Å²) in [6, 6.07) is -0.512. The molecule has 422 valence electrons. The Kier molecular flexibility index (Phi) is 12.9. The first kappa shape index (κ1) is 53.7. The molecule has 77 heavy (non-hydrogen) atoms. The second-order valence-corrected chi connectivity index (χ2v) is 27.2. The van der Waals surface area contributed by atoms with Gasteiger partial charge in [-0.3, -0.25) is 9.59 Å². The summed E-state index contributed by atoms with van der Waals surface area (Å²) in [6.45, 7) is 10.6. The van der Waals surface area contributed by atoms with Gasteiger partial charge in [0.1, 0.15) is 30.4 Å². The van der Waals surface area contributed by atoms with Gasteiger partial charge in [-0.15, -0.1) is 0 Å². The Labute approximate surface area is 450 Å². The first-order valence-electron chi connectivity index (χ1n) is 28.8. The van der Waals surface area contributed by atoms with Gasteiger partial charge in [-0.2, -0.15) is 0 Å². The zero-order chi connectivity index (χ0) is 54.6. The number of aromatic nitrogens is 4. The summed E-state index contributed by atoms with van der Waals surface area (Å²) in [6.07, 6.45) is 3.75. The quantitative estimate of drug-likeness (QED) is 0.0704. The average molecular weight is 1070 g/mol. The van der Waals surface area contributed by atoms with Crippen molar-refractivity contribution in [2.24, 2.45) is 96.9 Å². The van der Waals surface area contributed by atoms with Gasteiger partial charge < -0.3 is 76.7 Å². The molecule has 0 bridgehead atoms. The molecule has 5 saturated carbocycles. The molecule has 14 N–H and O–H groups in total. The number of anilines is 1. The lowest BCUT2D eigenvalue weighted by Gasteiger charge is -2.76. The maximum Gasteiger partial charge on any atom is 0.310 e. The van der Waals surface area contributed by atoms with Gasteiger partial charge in [0.25, 0.3) is 0 Å². The van der Waals surface area contributed by atoms with Crippen LogP contribution in [0.1, 0.15) is 123 Å². The summed E-state index contributed by atoms with van der Waals surface area (Å²) in [4.78, 5) is 46.0. The topological polar surface area (TPSA) is 322 Å². The minimum Gasteiger partial charge on any atom is -0.481 e. The highest BCUT2D eigenvalue weighted by Crippen LogP contribution is 2.80. The van der Waals surface area contributed by atoms with Crippen molar-refractivity contribution in [1.82, 2.24) is 25.3 Å². The molecule has 0 radical (unpaired) electrons. The number of nitrogens with zero attached hydrogens (tertiary/aromatic N) is 2. The number of carboxylic acid groups (broad SMARTS) is 1. The number of H-pyrrole nitrogens is 2. The lowest BCUT2D eigenvalue weighted by molar-refractivity contribution is -0.343. The van der Waals surface area contributed by atoms with E-state index in [0.717, 1.165) is 29.2 Å². The van der Waals surface area contributed by atoms with Crippen molar-refractivity contribution >= 4 is 17.7 Å². The van der Waals surface area contributed by atoms with E-state index in [1.807, 2.05) is 6.92 Å². The largest absolute Gasteiger partial charge is 0.481 e. The number of fused-ring (bicyclic) bond motifs is 8. The number of rotatable bonds is 10. The number of hydrogen-bond acceptors (Lipinski definition) is 15. The number of carbonyl (C=O) groups excluding carboxylic acids is 1. The van der Waals surface area contributed by atoms with Gasteiger partial charge in [-0.1, -0.05) is 64.5 Å². The molecular formula is C58H83N7O12. The minimum atomic E-state index is -1.67. The summed E-state index contributed by atoms with van der Waals surface area (Å²) in [7, 11) is 0. The van der Waals surface area contributed by atoms with Crippen molar-refractivity contribution in [3.63, 3.8) is 0 Å². The van der Waals surface area contributed by atoms with E-state index in [9.17, 15) is 45.6 Å². The van der Waals surface area contributed by atoms with Crippen LogP contribution in [-0.4, -0.2) is 148 Å². The molecule has 0 aromatic carbocycles. The fourth-order valence-electron chi connectivity index (χ4n) is 20.5. The fraction of sp³-hybridized carbons (Fsp3) is 0.793. The van der Waals surface area contributed by atoms with E-state index < -0.39 is 123 Å². The van der Waals surface area contributed by atoms with Crippen molar-refractivity contribution in [2.75, 3.05) is 31.7 Å². The first-order chi connectivity index (χ1) is 36.6. The molecule has 1 spiro atoms. The Bertz CT molecular complexity index is 2710. The standard InChI is InChI=1S/C58H83N7O12/c1-52(24-66)15-16-58(51(74)75)35(20-52)31-17-28-8-9-29-7-6-13-57(29)33(42(65-50(57)73)30(10-11-41(59)69)38-22-60-26-62-38)18-34-43(70)47(77-49-45(72)44(71)39(68)23-76-49)53(2,25-67)40-12-14-54(3,46(28)55(34,40)4)56(31,5)32-19-37-48(64-27-63-37)61-21-36(32)58/h17,22,26-30,32-36,39-47,49,61,66-72H,6-7,10-16,18-21,23-25,59H2,1-5H3,(H,60,62)(H,63,64)(H,65,73)(H,74,75). The normalized spacial score (nSPS) is 50.1. The van der Waals surface area contributed by atoms with E-state index in [0.29, 0.717) is 70.8 Å². The summed E-state index contributed by atoms with van der Waals surface area (Å²) >= 11 is 0. The zero-order valence-electron chi connectivity index (χ0n) is 45.2. The van der Waals surface area contributed by atoms with Crippen LogP contribution >= 0.6 is 0 Å². The maximum atomic E-state index is 15.5. The number of aliphatic hydroxyl groups is 7. The number of aromatic amines is 2. The SMILES string of the molecule is CC1(CO)CCC2(C(=O)O)C(C1)C1=CC3C#CC4CCCC45C(=O)NC(C(CCC(N)O)c4cnc[nH]4)C5CC4C(O)C(OC5OCC(O)C(O)C5O)C(C)(CO)C5CCC(C)(C3C45C)C1(C)C1Cc3[nH]cnc3NCC12. The Balaban J connectivity index is 1.11. The van der Waals surface area contributed by atoms with E-state index >= 15 is 4.79 Å². The van der Waals surface area contributed by atoms with E-state index in [2.05, 4.69) is 71.2 Å². The van der Waals surface area contributed by atoms with Crippen molar-refractivity contribution in [1.29, 1.82) is 0 Å². The predicted octanol–water partition coefficient (Wildman–Crippen LogP) is 2.78. The number of carbonyl (C=O) groups is 2. The molecule has 19 nitrogen and oxygen atoms in total. The van der Waals surface area contributed by atoms with E-state index in [4.69, 9.17) is 20.2 Å². The van der Waals surface area contributed by atoms with Crippen molar-refractivity contribution in [2.45, 2.75) is 167 Å². The van der Waals surface area contributed by atoms with Gasteiger partial charge in [0, 0.05) is 54.3 Å². The molecule has 3 aliphatic heterocycles.